The van der Waals surface area contributed by atoms with E-state index in [1.807, 2.05) is 44.2 Å². The Kier molecular flexibility index (Phi) is 5.33. The van der Waals surface area contributed by atoms with Crippen LogP contribution in [0.3, 0.4) is 0 Å². The minimum atomic E-state index is -0.135. The second-order valence-corrected chi connectivity index (χ2v) is 5.50. The van der Waals surface area contributed by atoms with E-state index >= 15 is 0 Å². The Bertz CT molecular complexity index is 643. The minimum Gasteiger partial charge on any atom is -0.370 e. The van der Waals surface area contributed by atoms with Gasteiger partial charge in [0.2, 0.25) is 0 Å². The summed E-state index contributed by atoms with van der Waals surface area (Å²) in [5.41, 5.74) is 2.26. The van der Waals surface area contributed by atoms with Gasteiger partial charge in [0.1, 0.15) is 5.82 Å². The molecular weight excluding hydrogens is 330 g/mol. The molecule has 0 fully saturated rings. The van der Waals surface area contributed by atoms with E-state index in [1.54, 1.807) is 6.07 Å². The van der Waals surface area contributed by atoms with E-state index in [2.05, 4.69) is 31.5 Å². The van der Waals surface area contributed by atoms with Crippen molar-refractivity contribution in [3.05, 3.63) is 52.1 Å². The first-order valence-electron chi connectivity index (χ1n) is 6.94. The molecular formula is C16H18BrN3O. The maximum atomic E-state index is 12.4. The third-order valence-electron chi connectivity index (χ3n) is 2.94. The van der Waals surface area contributed by atoms with Crippen molar-refractivity contribution in [1.82, 2.24) is 4.98 Å². The van der Waals surface area contributed by atoms with Crippen LogP contribution in [-0.4, -0.2) is 17.4 Å². The number of hydrogen-bond acceptors (Lipinski definition) is 3. The van der Waals surface area contributed by atoms with Crippen LogP contribution in [0.15, 0.2) is 40.9 Å². The summed E-state index contributed by atoms with van der Waals surface area (Å²) in [7, 11) is 0. The van der Waals surface area contributed by atoms with Crippen LogP contribution in [0.2, 0.25) is 0 Å². The number of nitrogens with one attached hydrogen (secondary N) is 2. The number of halogens is 1. The lowest BCUT2D eigenvalue weighted by molar-refractivity contribution is 0.102. The molecule has 0 aliphatic rings. The monoisotopic (exact) mass is 347 g/mol. The maximum Gasteiger partial charge on any atom is 0.255 e. The molecule has 1 amide bonds. The van der Waals surface area contributed by atoms with Crippen LogP contribution in [-0.2, 0) is 6.42 Å². The van der Waals surface area contributed by atoms with E-state index in [4.69, 9.17) is 0 Å². The molecule has 1 heterocycles. The molecule has 21 heavy (non-hydrogen) atoms. The highest BCUT2D eigenvalue weighted by atomic mass is 79.9. The third-order valence-corrected chi connectivity index (χ3v) is 3.44. The van der Waals surface area contributed by atoms with Crippen molar-refractivity contribution < 1.29 is 4.79 Å². The van der Waals surface area contributed by atoms with Crippen LogP contribution in [0.4, 0.5) is 11.5 Å². The fourth-order valence-electron chi connectivity index (χ4n) is 1.94. The lowest BCUT2D eigenvalue weighted by Crippen LogP contribution is -2.14. The van der Waals surface area contributed by atoms with Crippen LogP contribution in [0.5, 0.6) is 0 Å². The fourth-order valence-corrected chi connectivity index (χ4v) is 2.34. The van der Waals surface area contributed by atoms with E-state index in [9.17, 15) is 4.79 Å². The number of rotatable bonds is 5. The quantitative estimate of drug-likeness (QED) is 0.856. The van der Waals surface area contributed by atoms with Gasteiger partial charge in [-0.3, -0.25) is 4.79 Å². The summed E-state index contributed by atoms with van der Waals surface area (Å²) in [4.78, 5) is 16.8. The number of carbonyl (C=O) groups is 1. The summed E-state index contributed by atoms with van der Waals surface area (Å²) in [5, 5.41) is 6.05. The molecule has 0 radical (unpaired) electrons. The molecule has 2 N–H and O–H groups in total. The van der Waals surface area contributed by atoms with Gasteiger partial charge in [0, 0.05) is 28.0 Å². The first-order valence-corrected chi connectivity index (χ1v) is 7.73. The standard InChI is InChI=1S/C16H18BrN3O/c1-3-13-8-11(9-15(19-13)18-4-2)16(21)20-14-7-5-6-12(17)10-14/h5-10H,3-4H2,1-2H3,(H,18,19)(H,20,21). The summed E-state index contributed by atoms with van der Waals surface area (Å²) in [6.07, 6.45) is 0.788. The molecule has 0 saturated carbocycles. The largest absolute Gasteiger partial charge is 0.370 e. The number of benzene rings is 1. The van der Waals surface area contributed by atoms with Gasteiger partial charge in [0.25, 0.3) is 5.91 Å². The van der Waals surface area contributed by atoms with Crippen molar-refractivity contribution >= 4 is 33.3 Å². The van der Waals surface area contributed by atoms with Crippen LogP contribution in [0, 0.1) is 0 Å². The number of aryl methyl sites for hydroxylation is 1. The molecule has 0 bridgehead atoms. The number of carbonyl (C=O) groups excluding carboxylic acids is 1. The minimum absolute atomic E-state index is 0.135. The highest BCUT2D eigenvalue weighted by Gasteiger charge is 2.10. The van der Waals surface area contributed by atoms with Gasteiger partial charge in [0.05, 0.1) is 0 Å². The number of pyridine rings is 1. The SMILES string of the molecule is CCNc1cc(C(=O)Nc2cccc(Br)c2)cc(CC)n1. The zero-order chi connectivity index (χ0) is 15.2. The first kappa shape index (κ1) is 15.5. The Morgan fingerprint density at radius 1 is 1.24 bits per heavy atom. The van der Waals surface area contributed by atoms with E-state index in [1.165, 1.54) is 0 Å². The molecule has 2 rings (SSSR count). The number of anilines is 2. The topological polar surface area (TPSA) is 54.0 Å². The van der Waals surface area contributed by atoms with Crippen LogP contribution in [0.1, 0.15) is 29.9 Å². The Hall–Kier alpha value is -1.88. The molecule has 1 aromatic heterocycles. The molecule has 110 valence electrons. The third kappa shape index (κ3) is 4.29. The first-order chi connectivity index (χ1) is 10.1. The molecule has 2 aromatic rings. The van der Waals surface area contributed by atoms with Crippen LogP contribution in [0.25, 0.3) is 0 Å². The second-order valence-electron chi connectivity index (χ2n) is 4.58. The van der Waals surface area contributed by atoms with Crippen molar-refractivity contribution in [1.29, 1.82) is 0 Å². The zero-order valence-electron chi connectivity index (χ0n) is 12.1. The molecule has 0 atom stereocenters. The molecule has 4 nitrogen and oxygen atoms in total. The van der Waals surface area contributed by atoms with Gasteiger partial charge in [0.15, 0.2) is 0 Å². The zero-order valence-corrected chi connectivity index (χ0v) is 13.7. The average Bonchev–Trinajstić information content (AvgIpc) is 2.47. The summed E-state index contributed by atoms with van der Waals surface area (Å²) >= 11 is 3.39. The number of hydrogen-bond donors (Lipinski definition) is 2. The lowest BCUT2D eigenvalue weighted by atomic mass is 10.1. The maximum absolute atomic E-state index is 12.4. The average molecular weight is 348 g/mol. The molecule has 0 unspecified atom stereocenters. The summed E-state index contributed by atoms with van der Waals surface area (Å²) in [6.45, 7) is 4.79. The lowest BCUT2D eigenvalue weighted by Gasteiger charge is -2.10. The highest BCUT2D eigenvalue weighted by Crippen LogP contribution is 2.18. The highest BCUT2D eigenvalue weighted by molar-refractivity contribution is 9.10. The molecule has 0 aliphatic carbocycles. The van der Waals surface area contributed by atoms with Gasteiger partial charge < -0.3 is 10.6 Å². The Labute approximate surface area is 133 Å². The van der Waals surface area contributed by atoms with Crippen molar-refractivity contribution in [2.24, 2.45) is 0 Å². The predicted molar refractivity (Wildman–Crippen MR) is 89.9 cm³/mol. The van der Waals surface area contributed by atoms with Crippen LogP contribution < -0.4 is 10.6 Å². The summed E-state index contributed by atoms with van der Waals surface area (Å²) in [6, 6.07) is 11.1. The van der Waals surface area contributed by atoms with E-state index in [0.717, 1.165) is 34.6 Å². The summed E-state index contributed by atoms with van der Waals surface area (Å²) in [5.74, 6) is 0.598. The van der Waals surface area contributed by atoms with Crippen molar-refractivity contribution in [3.8, 4) is 0 Å². The number of amides is 1. The summed E-state index contributed by atoms with van der Waals surface area (Å²) < 4.78 is 0.928. The molecule has 0 spiro atoms. The van der Waals surface area contributed by atoms with Gasteiger partial charge in [-0.2, -0.15) is 0 Å². The van der Waals surface area contributed by atoms with Crippen molar-refractivity contribution in [2.75, 3.05) is 17.2 Å². The second kappa shape index (κ2) is 7.22. The van der Waals surface area contributed by atoms with Crippen molar-refractivity contribution in [3.63, 3.8) is 0 Å². The number of aromatic nitrogens is 1. The number of nitrogens with zero attached hydrogens (tertiary/aromatic N) is 1. The van der Waals surface area contributed by atoms with E-state index < -0.39 is 0 Å². The Morgan fingerprint density at radius 2 is 2.05 bits per heavy atom. The van der Waals surface area contributed by atoms with E-state index in [-0.39, 0.29) is 5.91 Å². The normalized spacial score (nSPS) is 10.2. The van der Waals surface area contributed by atoms with Gasteiger partial charge in [-0.05, 0) is 43.7 Å². The molecule has 0 aliphatic heterocycles. The van der Waals surface area contributed by atoms with Gasteiger partial charge >= 0.3 is 0 Å². The van der Waals surface area contributed by atoms with Gasteiger partial charge in [-0.1, -0.05) is 28.9 Å². The van der Waals surface area contributed by atoms with Gasteiger partial charge in [-0.15, -0.1) is 0 Å². The smallest absolute Gasteiger partial charge is 0.255 e. The Balaban J connectivity index is 2.23. The fraction of sp³-hybridized carbons (Fsp3) is 0.250. The molecule has 5 heteroatoms. The predicted octanol–water partition coefficient (Wildman–Crippen LogP) is 4.09. The van der Waals surface area contributed by atoms with Crippen LogP contribution >= 0.6 is 15.9 Å². The van der Waals surface area contributed by atoms with Gasteiger partial charge in [-0.25, -0.2) is 4.98 Å². The Morgan fingerprint density at radius 3 is 2.71 bits per heavy atom. The molecule has 0 saturated heterocycles. The van der Waals surface area contributed by atoms with Crippen molar-refractivity contribution in [2.45, 2.75) is 20.3 Å². The van der Waals surface area contributed by atoms with E-state index in [0.29, 0.717) is 5.56 Å². The molecule has 1 aromatic carbocycles.